The number of benzene rings is 1. The maximum Gasteiger partial charge on any atom is 0.266 e. The molecule has 5 nitrogen and oxygen atoms in total. The van der Waals surface area contributed by atoms with Crippen LogP contribution in [-0.2, 0) is 10.0 Å². The highest BCUT2D eigenvalue weighted by molar-refractivity contribution is 14.1. The number of carbonyl (C=O) groups excluding carboxylic acids is 1. The van der Waals surface area contributed by atoms with Gasteiger partial charge in [0.1, 0.15) is 0 Å². The molecule has 1 amide bonds. The molecule has 0 bridgehead atoms. The molecule has 88 valence electrons. The number of anilines is 1. The third-order valence-corrected chi connectivity index (χ3v) is 3.69. The normalized spacial score (nSPS) is 11.2. The van der Waals surface area contributed by atoms with Gasteiger partial charge in [-0.2, -0.15) is 0 Å². The van der Waals surface area contributed by atoms with Gasteiger partial charge in [-0.05, 0) is 57.3 Å². The first-order valence-corrected chi connectivity index (χ1v) is 8.02. The minimum Gasteiger partial charge on any atom is -0.397 e. The maximum absolute atomic E-state index is 11.6. The zero-order chi connectivity index (χ0) is 12.5. The number of sulfonamides is 1. The Morgan fingerprint density at radius 2 is 1.94 bits per heavy atom. The highest BCUT2D eigenvalue weighted by Gasteiger charge is 2.16. The Labute approximate surface area is 120 Å². The van der Waals surface area contributed by atoms with E-state index in [-0.39, 0.29) is 11.3 Å². The van der Waals surface area contributed by atoms with Crippen molar-refractivity contribution in [3.63, 3.8) is 0 Å². The molecule has 8 heteroatoms. The molecular weight excluding hydrogens is 458 g/mol. The minimum absolute atomic E-state index is 0.168. The summed E-state index contributed by atoms with van der Waals surface area (Å²) in [6.07, 6.45) is 0.917. The molecule has 0 aliphatic rings. The molecule has 0 heterocycles. The minimum atomic E-state index is -3.57. The van der Waals surface area contributed by atoms with Crippen molar-refractivity contribution in [2.24, 2.45) is 0 Å². The molecule has 0 aliphatic heterocycles. The first-order valence-electron chi connectivity index (χ1n) is 3.97. The van der Waals surface area contributed by atoms with E-state index in [1.165, 1.54) is 0 Å². The first-order chi connectivity index (χ1) is 7.20. The Morgan fingerprint density at radius 3 is 2.44 bits per heavy atom. The van der Waals surface area contributed by atoms with Crippen LogP contribution in [0.15, 0.2) is 12.1 Å². The maximum atomic E-state index is 11.6. The summed E-state index contributed by atoms with van der Waals surface area (Å²) < 4.78 is 25.2. The van der Waals surface area contributed by atoms with Gasteiger partial charge in [0, 0.05) is 7.14 Å². The number of rotatable bonds is 2. The van der Waals surface area contributed by atoms with Gasteiger partial charge in [0.05, 0.1) is 17.5 Å². The molecule has 0 saturated carbocycles. The smallest absolute Gasteiger partial charge is 0.266 e. The summed E-state index contributed by atoms with van der Waals surface area (Å²) in [5, 5.41) is 0. The Morgan fingerprint density at radius 1 is 1.38 bits per heavy atom. The van der Waals surface area contributed by atoms with Crippen molar-refractivity contribution in [2.75, 3.05) is 12.0 Å². The second-order valence-electron chi connectivity index (χ2n) is 3.05. The number of carbonyl (C=O) groups is 1. The SMILES string of the molecule is CS(=O)(=O)NC(=O)c1cc(I)cc(I)c1N. The summed E-state index contributed by atoms with van der Waals surface area (Å²) in [6, 6.07) is 3.34. The molecule has 1 aromatic carbocycles. The van der Waals surface area contributed by atoms with Crippen LogP contribution in [0.2, 0.25) is 0 Å². The molecule has 0 saturated heterocycles. The van der Waals surface area contributed by atoms with Crippen LogP contribution >= 0.6 is 45.2 Å². The van der Waals surface area contributed by atoms with E-state index in [9.17, 15) is 13.2 Å². The molecule has 0 aliphatic carbocycles. The second-order valence-corrected chi connectivity index (χ2v) is 7.21. The standard InChI is InChI=1S/C8H8I2N2O3S/c1-16(14,15)12-8(13)5-2-4(9)3-6(10)7(5)11/h2-3H,11H2,1H3,(H,12,13). The summed E-state index contributed by atoms with van der Waals surface area (Å²) in [6.45, 7) is 0. The van der Waals surface area contributed by atoms with Gasteiger partial charge in [-0.15, -0.1) is 0 Å². The number of nitrogen functional groups attached to an aromatic ring is 1. The van der Waals surface area contributed by atoms with Crippen molar-refractivity contribution < 1.29 is 13.2 Å². The van der Waals surface area contributed by atoms with Crippen molar-refractivity contribution >= 4 is 66.8 Å². The van der Waals surface area contributed by atoms with Gasteiger partial charge >= 0.3 is 0 Å². The Balaban J connectivity index is 3.19. The van der Waals surface area contributed by atoms with E-state index >= 15 is 0 Å². The van der Waals surface area contributed by atoms with Gasteiger partial charge in [-0.1, -0.05) is 0 Å². The fraction of sp³-hybridized carbons (Fsp3) is 0.125. The molecule has 0 atom stereocenters. The molecular formula is C8H8I2N2O3S. The Bertz CT molecular complexity index is 542. The van der Waals surface area contributed by atoms with Crippen molar-refractivity contribution in [1.29, 1.82) is 0 Å². The van der Waals surface area contributed by atoms with Crippen LogP contribution in [0.4, 0.5) is 5.69 Å². The lowest BCUT2D eigenvalue weighted by Gasteiger charge is -2.08. The monoisotopic (exact) mass is 466 g/mol. The Kier molecular flexibility index (Phi) is 4.40. The van der Waals surface area contributed by atoms with E-state index in [0.717, 1.165) is 9.83 Å². The summed E-state index contributed by atoms with van der Waals surface area (Å²) in [5.74, 6) is -0.712. The predicted molar refractivity (Wildman–Crippen MR) is 78.6 cm³/mol. The van der Waals surface area contributed by atoms with Crippen molar-refractivity contribution in [1.82, 2.24) is 4.72 Å². The lowest BCUT2D eigenvalue weighted by atomic mass is 10.2. The fourth-order valence-corrected chi connectivity index (χ4v) is 3.29. The number of nitrogens with two attached hydrogens (primary N) is 1. The summed E-state index contributed by atoms with van der Waals surface area (Å²) >= 11 is 4.02. The zero-order valence-corrected chi connectivity index (χ0v) is 13.3. The third kappa shape index (κ3) is 3.73. The van der Waals surface area contributed by atoms with Crippen LogP contribution in [0.25, 0.3) is 0 Å². The van der Waals surface area contributed by atoms with Crippen LogP contribution in [0.3, 0.4) is 0 Å². The fourth-order valence-electron chi connectivity index (χ4n) is 0.996. The topological polar surface area (TPSA) is 89.3 Å². The molecule has 16 heavy (non-hydrogen) atoms. The molecule has 0 spiro atoms. The number of hydrogen-bond donors (Lipinski definition) is 2. The number of nitrogens with one attached hydrogen (secondary N) is 1. The van der Waals surface area contributed by atoms with Gasteiger partial charge < -0.3 is 5.73 Å². The summed E-state index contributed by atoms with van der Waals surface area (Å²) in [4.78, 5) is 11.6. The van der Waals surface area contributed by atoms with Crippen molar-refractivity contribution in [2.45, 2.75) is 0 Å². The molecule has 3 N–H and O–H groups in total. The highest BCUT2D eigenvalue weighted by Crippen LogP contribution is 2.23. The lowest BCUT2D eigenvalue weighted by Crippen LogP contribution is -2.30. The van der Waals surface area contributed by atoms with Crippen molar-refractivity contribution in [3.8, 4) is 0 Å². The van der Waals surface area contributed by atoms with Crippen LogP contribution in [0.5, 0.6) is 0 Å². The van der Waals surface area contributed by atoms with Crippen molar-refractivity contribution in [3.05, 3.63) is 24.8 Å². The predicted octanol–water partition coefficient (Wildman–Crippen LogP) is 1.17. The summed E-state index contributed by atoms with van der Waals surface area (Å²) in [7, 11) is -3.57. The Hall–Kier alpha value is -0.100. The molecule has 0 unspecified atom stereocenters. The first kappa shape index (κ1) is 14.0. The van der Waals surface area contributed by atoms with Gasteiger partial charge in [0.15, 0.2) is 0 Å². The quantitative estimate of drug-likeness (QED) is 0.506. The highest BCUT2D eigenvalue weighted by atomic mass is 127. The van der Waals surface area contributed by atoms with Crippen LogP contribution in [-0.4, -0.2) is 20.6 Å². The van der Waals surface area contributed by atoms with Gasteiger partial charge in [0.25, 0.3) is 5.91 Å². The molecule has 1 aromatic rings. The molecule has 1 rings (SSSR count). The van der Waals surface area contributed by atoms with Gasteiger partial charge in [0.2, 0.25) is 10.0 Å². The zero-order valence-electron chi connectivity index (χ0n) is 8.12. The van der Waals surface area contributed by atoms with E-state index in [2.05, 4.69) is 0 Å². The molecule has 0 fully saturated rings. The van der Waals surface area contributed by atoms with Crippen LogP contribution in [0, 0.1) is 7.14 Å². The van der Waals surface area contributed by atoms with Gasteiger partial charge in [-0.25, -0.2) is 13.1 Å². The van der Waals surface area contributed by atoms with E-state index < -0.39 is 15.9 Å². The third-order valence-electron chi connectivity index (χ3n) is 1.62. The van der Waals surface area contributed by atoms with Crippen LogP contribution < -0.4 is 10.5 Å². The number of amides is 1. The number of halogens is 2. The van der Waals surface area contributed by atoms with E-state index in [1.807, 2.05) is 49.9 Å². The number of hydrogen-bond acceptors (Lipinski definition) is 4. The largest absolute Gasteiger partial charge is 0.397 e. The average Bonchev–Trinajstić information content (AvgIpc) is 2.08. The second kappa shape index (κ2) is 5.04. The lowest BCUT2D eigenvalue weighted by molar-refractivity contribution is 0.0982. The van der Waals surface area contributed by atoms with E-state index in [0.29, 0.717) is 3.57 Å². The van der Waals surface area contributed by atoms with Gasteiger partial charge in [-0.3, -0.25) is 4.79 Å². The average molecular weight is 466 g/mol. The van der Waals surface area contributed by atoms with E-state index in [4.69, 9.17) is 5.73 Å². The molecule has 0 radical (unpaired) electrons. The van der Waals surface area contributed by atoms with E-state index in [1.54, 1.807) is 12.1 Å². The molecule has 0 aromatic heterocycles. The summed E-state index contributed by atoms with van der Waals surface area (Å²) in [5.41, 5.74) is 6.15. The van der Waals surface area contributed by atoms with Crippen LogP contribution in [0.1, 0.15) is 10.4 Å².